The summed E-state index contributed by atoms with van der Waals surface area (Å²) in [4.78, 5) is 15.8. The Morgan fingerprint density at radius 2 is 2.09 bits per heavy atom. The summed E-state index contributed by atoms with van der Waals surface area (Å²) in [5.41, 5.74) is 6.54. The lowest BCUT2D eigenvalue weighted by atomic mass is 9.82. The van der Waals surface area contributed by atoms with Gasteiger partial charge in [-0.1, -0.05) is 6.92 Å². The molecule has 5 unspecified atom stereocenters. The highest BCUT2D eigenvalue weighted by atomic mass is 35.5. The number of alkyl halides is 1. The van der Waals surface area contributed by atoms with Gasteiger partial charge in [-0.15, -0.1) is 11.6 Å². The summed E-state index contributed by atoms with van der Waals surface area (Å²) in [6.45, 7) is 9.61. The van der Waals surface area contributed by atoms with E-state index in [9.17, 15) is 4.79 Å². The van der Waals surface area contributed by atoms with E-state index in [0.29, 0.717) is 36.9 Å². The Bertz CT molecular complexity index is 856. The minimum atomic E-state index is -0.210. The molecule has 5 aliphatic rings. The Balaban J connectivity index is 1.33. The predicted octanol–water partition coefficient (Wildman–Crippen LogP) is 1.24. The molecule has 4 fully saturated rings. The first-order chi connectivity index (χ1) is 15.3. The van der Waals surface area contributed by atoms with E-state index in [2.05, 4.69) is 39.8 Å². The number of carbonyl (C=O) groups is 1. The highest BCUT2D eigenvalue weighted by Crippen LogP contribution is 2.34. The van der Waals surface area contributed by atoms with E-state index in [4.69, 9.17) is 22.1 Å². The van der Waals surface area contributed by atoms with Gasteiger partial charge in [0.2, 0.25) is 0 Å². The molecule has 10 heteroatoms. The molecule has 5 atom stereocenters. The van der Waals surface area contributed by atoms with Crippen LogP contribution in [-0.2, 0) is 11.3 Å². The number of nitrogens with one attached hydrogen (secondary N) is 3. The lowest BCUT2D eigenvalue weighted by Gasteiger charge is -2.49. The zero-order valence-electron chi connectivity index (χ0n) is 19.1. The van der Waals surface area contributed by atoms with E-state index in [1.165, 1.54) is 25.9 Å². The summed E-state index contributed by atoms with van der Waals surface area (Å²) in [7, 11) is 0. The van der Waals surface area contributed by atoms with Gasteiger partial charge in [0.05, 0.1) is 30.2 Å². The van der Waals surface area contributed by atoms with Crippen LogP contribution < -0.4 is 21.7 Å². The van der Waals surface area contributed by atoms with Crippen molar-refractivity contribution >= 4 is 29.1 Å². The molecule has 1 aromatic heterocycles. The van der Waals surface area contributed by atoms with E-state index < -0.39 is 0 Å². The Labute approximate surface area is 194 Å². The first kappa shape index (κ1) is 22.3. The standard InChI is InChI=1S/C22H36ClN7O2/c1-3-22(2)8-16(32-17-12-29-6-4-13(17)5-7-29)15(10-26-22)27-21(31)18-19(24)28-30-11-14(23)9-25-20(18)30/h13-17,25-26H,3-12H2,1-2H3,(H2,24,28)(H,27,31). The molecule has 5 aliphatic heterocycles. The van der Waals surface area contributed by atoms with Gasteiger partial charge in [-0.05, 0) is 51.6 Å². The van der Waals surface area contributed by atoms with Crippen LogP contribution in [-0.4, -0.2) is 82.5 Å². The molecule has 9 nitrogen and oxygen atoms in total. The molecule has 32 heavy (non-hydrogen) atoms. The van der Waals surface area contributed by atoms with Crippen molar-refractivity contribution in [2.75, 3.05) is 43.8 Å². The number of aromatic nitrogens is 2. The number of hydrogen-bond acceptors (Lipinski definition) is 7. The number of fused-ring (bicyclic) bond motifs is 4. The largest absolute Gasteiger partial charge is 0.381 e. The van der Waals surface area contributed by atoms with Crippen LogP contribution in [0.3, 0.4) is 0 Å². The van der Waals surface area contributed by atoms with Gasteiger partial charge in [-0.3, -0.25) is 4.79 Å². The Kier molecular flexibility index (Phi) is 6.03. The van der Waals surface area contributed by atoms with E-state index in [1.54, 1.807) is 4.68 Å². The number of rotatable bonds is 5. The van der Waals surface area contributed by atoms with Crippen LogP contribution in [0.2, 0.25) is 0 Å². The molecule has 178 valence electrons. The van der Waals surface area contributed by atoms with Gasteiger partial charge < -0.3 is 31.3 Å². The van der Waals surface area contributed by atoms with Crippen LogP contribution >= 0.6 is 11.6 Å². The molecule has 6 rings (SSSR count). The van der Waals surface area contributed by atoms with Crippen molar-refractivity contribution < 1.29 is 9.53 Å². The highest BCUT2D eigenvalue weighted by Gasteiger charge is 2.43. The average molecular weight is 466 g/mol. The normalized spacial score (nSPS) is 38.7. The number of nitrogens with zero attached hydrogens (tertiary/aromatic N) is 3. The van der Waals surface area contributed by atoms with E-state index in [-0.39, 0.29) is 40.9 Å². The number of anilines is 2. The lowest BCUT2D eigenvalue weighted by molar-refractivity contribution is -0.125. The molecule has 4 saturated heterocycles. The van der Waals surface area contributed by atoms with E-state index in [0.717, 1.165) is 19.4 Å². The summed E-state index contributed by atoms with van der Waals surface area (Å²) in [6, 6.07) is -0.128. The monoisotopic (exact) mass is 465 g/mol. The number of hydrogen-bond donors (Lipinski definition) is 4. The molecule has 1 aromatic rings. The number of halogens is 1. The summed E-state index contributed by atoms with van der Waals surface area (Å²) in [6.07, 6.45) is 4.52. The number of nitrogens with two attached hydrogens (primary N) is 1. The molecule has 0 spiro atoms. The van der Waals surface area contributed by atoms with Crippen molar-refractivity contribution in [1.29, 1.82) is 0 Å². The number of carbonyl (C=O) groups excluding carboxylic acids is 1. The van der Waals surface area contributed by atoms with Crippen LogP contribution in [0, 0.1) is 5.92 Å². The van der Waals surface area contributed by atoms with Crippen molar-refractivity contribution in [1.82, 2.24) is 25.3 Å². The highest BCUT2D eigenvalue weighted by molar-refractivity contribution is 6.21. The smallest absolute Gasteiger partial charge is 0.259 e. The van der Waals surface area contributed by atoms with Crippen molar-refractivity contribution in [2.45, 2.75) is 75.2 Å². The van der Waals surface area contributed by atoms with E-state index in [1.807, 2.05) is 0 Å². The van der Waals surface area contributed by atoms with Crippen molar-refractivity contribution in [2.24, 2.45) is 5.92 Å². The number of nitrogen functional groups attached to an aromatic ring is 1. The Hall–Kier alpha value is -1.55. The third-order valence-corrected chi connectivity index (χ3v) is 8.25. The van der Waals surface area contributed by atoms with Gasteiger partial charge in [0.1, 0.15) is 11.4 Å². The fraction of sp³-hybridized carbons (Fsp3) is 0.818. The minimum absolute atomic E-state index is 0.00663. The molecule has 0 aliphatic carbocycles. The van der Waals surface area contributed by atoms with Crippen LogP contribution in [0.5, 0.6) is 0 Å². The maximum absolute atomic E-state index is 13.3. The minimum Gasteiger partial charge on any atom is -0.381 e. The summed E-state index contributed by atoms with van der Waals surface area (Å²) < 4.78 is 8.46. The zero-order chi connectivity index (χ0) is 22.5. The topological polar surface area (TPSA) is 109 Å². The maximum atomic E-state index is 13.3. The molecule has 5 N–H and O–H groups in total. The van der Waals surface area contributed by atoms with Crippen LogP contribution in [0.15, 0.2) is 0 Å². The van der Waals surface area contributed by atoms with Gasteiger partial charge in [0, 0.05) is 25.2 Å². The van der Waals surface area contributed by atoms with E-state index >= 15 is 0 Å². The number of amides is 1. The van der Waals surface area contributed by atoms with Crippen LogP contribution in [0.1, 0.15) is 49.9 Å². The summed E-state index contributed by atoms with van der Waals surface area (Å²) in [5, 5.41) is 14.3. The molecule has 0 saturated carbocycles. The number of piperidine rings is 4. The molecule has 6 heterocycles. The molecular weight excluding hydrogens is 430 g/mol. The fourth-order valence-electron chi connectivity index (χ4n) is 5.71. The third kappa shape index (κ3) is 4.20. The van der Waals surface area contributed by atoms with Crippen molar-refractivity contribution in [3.63, 3.8) is 0 Å². The van der Waals surface area contributed by atoms with Gasteiger partial charge in [0.25, 0.3) is 5.91 Å². The van der Waals surface area contributed by atoms with Crippen molar-refractivity contribution in [3.8, 4) is 0 Å². The van der Waals surface area contributed by atoms with Crippen LogP contribution in [0.4, 0.5) is 11.6 Å². The third-order valence-electron chi connectivity index (χ3n) is 7.96. The quantitative estimate of drug-likeness (QED) is 0.484. The zero-order valence-corrected chi connectivity index (χ0v) is 19.8. The summed E-state index contributed by atoms with van der Waals surface area (Å²) in [5.74, 6) is 1.30. The second-order valence-corrected chi connectivity index (χ2v) is 10.8. The number of ether oxygens (including phenoxy) is 1. The van der Waals surface area contributed by atoms with Gasteiger partial charge in [-0.2, -0.15) is 5.10 Å². The maximum Gasteiger partial charge on any atom is 0.259 e. The van der Waals surface area contributed by atoms with Gasteiger partial charge >= 0.3 is 0 Å². The lowest BCUT2D eigenvalue weighted by Crippen LogP contribution is -2.64. The second-order valence-electron chi connectivity index (χ2n) is 10.2. The molecule has 0 aromatic carbocycles. The van der Waals surface area contributed by atoms with Gasteiger partial charge in [-0.25, -0.2) is 4.68 Å². The van der Waals surface area contributed by atoms with Crippen LogP contribution in [0.25, 0.3) is 0 Å². The molecule has 0 radical (unpaired) electrons. The predicted molar refractivity (Wildman–Crippen MR) is 125 cm³/mol. The van der Waals surface area contributed by atoms with Gasteiger partial charge in [0.15, 0.2) is 5.82 Å². The summed E-state index contributed by atoms with van der Waals surface area (Å²) >= 11 is 6.23. The Morgan fingerprint density at radius 1 is 1.31 bits per heavy atom. The van der Waals surface area contributed by atoms with Crippen molar-refractivity contribution in [3.05, 3.63) is 5.56 Å². The Morgan fingerprint density at radius 3 is 2.78 bits per heavy atom. The average Bonchev–Trinajstić information content (AvgIpc) is 3.11. The second kappa shape index (κ2) is 8.66. The SMILES string of the molecule is CCC1(C)CC(OC2CN3CCC2CC3)C(NC(=O)c2c(N)nn3c2NCC(Cl)C3)CN1. The molecule has 2 bridgehead atoms. The molecular formula is C22H36ClN7O2. The fourth-order valence-corrected chi connectivity index (χ4v) is 5.92. The first-order valence-electron chi connectivity index (χ1n) is 12.0. The molecule has 1 amide bonds. The first-order valence-corrected chi connectivity index (χ1v) is 12.5.